The number of allylic oxidation sites excluding steroid dienone is 3. The first-order valence-electron chi connectivity index (χ1n) is 10.6. The molecule has 1 N–H and O–H groups in total. The largest absolute Gasteiger partial charge is 0.460 e. The van der Waals surface area contributed by atoms with Crippen LogP contribution < -0.4 is 5.32 Å². The third-order valence-electron chi connectivity index (χ3n) is 6.18. The molecule has 1 aromatic carbocycles. The Morgan fingerprint density at radius 1 is 1.29 bits per heavy atom. The highest BCUT2D eigenvalue weighted by molar-refractivity contribution is 6.35. The maximum Gasteiger partial charge on any atom is 0.336 e. The van der Waals surface area contributed by atoms with Crippen molar-refractivity contribution in [3.05, 3.63) is 56.9 Å². The first-order chi connectivity index (χ1) is 14.7. The number of nitrogens with one attached hydrogen (secondary N) is 1. The van der Waals surface area contributed by atoms with Crippen molar-refractivity contribution in [1.82, 2.24) is 5.32 Å². The van der Waals surface area contributed by atoms with Crippen molar-refractivity contribution in [2.24, 2.45) is 11.3 Å². The molecule has 7 heteroatoms. The van der Waals surface area contributed by atoms with E-state index in [2.05, 4.69) is 11.4 Å². The van der Waals surface area contributed by atoms with Crippen molar-refractivity contribution < 1.29 is 19.1 Å². The van der Waals surface area contributed by atoms with Gasteiger partial charge in [0.05, 0.1) is 17.6 Å². The number of fused-ring (bicyclic) bond motifs is 1. The third kappa shape index (κ3) is 4.55. The summed E-state index contributed by atoms with van der Waals surface area (Å²) in [6.45, 7) is 6.79. The van der Waals surface area contributed by atoms with Crippen LogP contribution in [0.3, 0.4) is 0 Å². The Morgan fingerprint density at radius 3 is 2.74 bits per heavy atom. The van der Waals surface area contributed by atoms with Crippen LogP contribution in [0.4, 0.5) is 0 Å². The maximum atomic E-state index is 13.3. The molecule has 3 atom stereocenters. The average Bonchev–Trinajstić information content (AvgIpc) is 3.17. The number of carbonyl (C=O) groups is 2. The number of Topliss-reactive ketones (excluding diaryl/α,β-unsaturated/α-hetero) is 1. The topological polar surface area (TPSA) is 64.6 Å². The number of carbonyl (C=O) groups excluding carboxylic acids is 2. The molecule has 2 aliphatic heterocycles. The monoisotopic (exact) mass is 463 g/mol. The predicted octanol–water partition coefficient (Wildman–Crippen LogP) is 5.18. The highest BCUT2D eigenvalue weighted by Crippen LogP contribution is 2.48. The summed E-state index contributed by atoms with van der Waals surface area (Å²) in [5.74, 6) is -1.45. The van der Waals surface area contributed by atoms with Crippen LogP contribution >= 0.6 is 23.2 Å². The normalized spacial score (nSPS) is 27.5. The van der Waals surface area contributed by atoms with Crippen molar-refractivity contribution in [2.75, 3.05) is 13.2 Å². The first kappa shape index (κ1) is 22.4. The van der Waals surface area contributed by atoms with Gasteiger partial charge in [-0.25, -0.2) is 4.79 Å². The van der Waals surface area contributed by atoms with Gasteiger partial charge in [0.25, 0.3) is 0 Å². The van der Waals surface area contributed by atoms with Crippen molar-refractivity contribution >= 4 is 35.0 Å². The fraction of sp³-hybridized carbons (Fsp3) is 0.500. The van der Waals surface area contributed by atoms with Crippen LogP contribution in [0.25, 0.3) is 0 Å². The van der Waals surface area contributed by atoms with E-state index in [0.717, 1.165) is 18.5 Å². The van der Waals surface area contributed by atoms with Crippen molar-refractivity contribution in [3.8, 4) is 0 Å². The highest BCUT2D eigenvalue weighted by Gasteiger charge is 2.46. The van der Waals surface area contributed by atoms with Crippen molar-refractivity contribution in [3.63, 3.8) is 0 Å². The van der Waals surface area contributed by atoms with Crippen LogP contribution in [0.5, 0.6) is 0 Å². The SMILES string of the molecule is CC1=C(C(=O)OCC2CCCO2)C(c2ccc(Cl)cc2Cl)C2C(=O)CC(C)(C)C=C2N1. The molecule has 1 aromatic rings. The Morgan fingerprint density at radius 2 is 2.06 bits per heavy atom. The van der Waals surface area contributed by atoms with E-state index in [1.165, 1.54) is 0 Å². The van der Waals surface area contributed by atoms with E-state index in [4.69, 9.17) is 32.7 Å². The van der Waals surface area contributed by atoms with Crippen LogP contribution in [0.15, 0.2) is 41.2 Å². The van der Waals surface area contributed by atoms with E-state index in [1.807, 2.05) is 20.8 Å². The number of rotatable bonds is 4. The minimum atomic E-state index is -0.544. The predicted molar refractivity (Wildman–Crippen MR) is 120 cm³/mol. The Bertz CT molecular complexity index is 976. The van der Waals surface area contributed by atoms with Gasteiger partial charge < -0.3 is 14.8 Å². The molecular weight excluding hydrogens is 437 g/mol. The fourth-order valence-electron chi connectivity index (χ4n) is 4.85. The zero-order valence-corrected chi connectivity index (χ0v) is 19.5. The molecular formula is C24H27Cl2NO4. The van der Waals surface area contributed by atoms with Crippen LogP contribution in [0, 0.1) is 11.3 Å². The highest BCUT2D eigenvalue weighted by atomic mass is 35.5. The molecule has 1 aliphatic carbocycles. The second kappa shape index (κ2) is 8.61. The van der Waals surface area contributed by atoms with Crippen molar-refractivity contribution in [2.45, 2.75) is 52.1 Å². The molecule has 0 spiro atoms. The summed E-state index contributed by atoms with van der Waals surface area (Å²) in [5.41, 5.74) is 2.34. The zero-order chi connectivity index (χ0) is 22.3. The van der Waals surface area contributed by atoms with Gasteiger partial charge in [-0.15, -0.1) is 0 Å². The quantitative estimate of drug-likeness (QED) is 0.623. The number of ether oxygens (including phenoxy) is 2. The lowest BCUT2D eigenvalue weighted by molar-refractivity contribution is -0.143. The Labute approximate surface area is 192 Å². The number of ketones is 1. The summed E-state index contributed by atoms with van der Waals surface area (Å²) < 4.78 is 11.2. The molecule has 1 saturated heterocycles. The van der Waals surface area contributed by atoms with E-state index < -0.39 is 17.8 Å². The standard InChI is InChI=1S/C24H27Cl2NO4/c1-13-20(23(29)31-12-15-5-4-8-30-15)21(16-7-6-14(25)9-17(16)26)22-18(27-13)10-24(2,3)11-19(22)28/h6-7,9-10,15,21-22,27H,4-5,8,11-12H2,1-3H3. The van der Waals surface area contributed by atoms with Crippen LogP contribution in [-0.2, 0) is 19.1 Å². The van der Waals surface area contributed by atoms with Gasteiger partial charge in [0, 0.05) is 40.4 Å². The number of hydrogen-bond donors (Lipinski definition) is 1. The summed E-state index contributed by atoms with van der Waals surface area (Å²) in [4.78, 5) is 26.6. The van der Waals surface area contributed by atoms with Gasteiger partial charge in [0.1, 0.15) is 12.4 Å². The molecule has 5 nitrogen and oxygen atoms in total. The van der Waals surface area contributed by atoms with Crippen LogP contribution in [0.1, 0.15) is 51.5 Å². The molecule has 31 heavy (non-hydrogen) atoms. The summed E-state index contributed by atoms with van der Waals surface area (Å²) in [7, 11) is 0. The number of esters is 1. The number of benzene rings is 1. The molecule has 166 valence electrons. The van der Waals surface area contributed by atoms with E-state index in [1.54, 1.807) is 18.2 Å². The van der Waals surface area contributed by atoms with Crippen molar-refractivity contribution in [1.29, 1.82) is 0 Å². The zero-order valence-electron chi connectivity index (χ0n) is 18.0. The average molecular weight is 464 g/mol. The van der Waals surface area contributed by atoms with Gasteiger partial charge >= 0.3 is 5.97 Å². The minimum absolute atomic E-state index is 0.0722. The Hall–Kier alpha value is -1.82. The van der Waals surface area contributed by atoms with Gasteiger partial charge in [-0.3, -0.25) is 4.79 Å². The third-order valence-corrected chi connectivity index (χ3v) is 6.74. The summed E-state index contributed by atoms with van der Waals surface area (Å²) >= 11 is 12.7. The molecule has 0 amide bonds. The van der Waals surface area contributed by atoms with Gasteiger partial charge in [-0.1, -0.05) is 49.2 Å². The Balaban J connectivity index is 1.76. The molecule has 0 saturated carbocycles. The lowest BCUT2D eigenvalue weighted by Gasteiger charge is -2.41. The molecule has 3 aliphatic rings. The van der Waals surface area contributed by atoms with E-state index in [-0.39, 0.29) is 23.9 Å². The lowest BCUT2D eigenvalue weighted by atomic mass is 9.66. The minimum Gasteiger partial charge on any atom is -0.460 e. The molecule has 0 aromatic heterocycles. The van der Waals surface area contributed by atoms with Gasteiger partial charge in [-0.05, 0) is 42.9 Å². The molecule has 3 unspecified atom stereocenters. The second-order valence-electron chi connectivity index (χ2n) is 9.25. The number of halogens is 2. The van der Waals surface area contributed by atoms with E-state index in [9.17, 15) is 9.59 Å². The van der Waals surface area contributed by atoms with Gasteiger partial charge in [0.2, 0.25) is 0 Å². The van der Waals surface area contributed by atoms with Gasteiger partial charge in [-0.2, -0.15) is 0 Å². The molecule has 0 radical (unpaired) electrons. The molecule has 2 heterocycles. The summed E-state index contributed by atoms with van der Waals surface area (Å²) in [6.07, 6.45) is 4.25. The lowest BCUT2D eigenvalue weighted by Crippen LogP contribution is -2.43. The fourth-order valence-corrected chi connectivity index (χ4v) is 5.37. The summed E-state index contributed by atoms with van der Waals surface area (Å²) in [5, 5.41) is 4.24. The summed E-state index contributed by atoms with van der Waals surface area (Å²) in [6, 6.07) is 5.17. The molecule has 4 rings (SSSR count). The Kier molecular flexibility index (Phi) is 6.21. The molecule has 0 bridgehead atoms. The first-order valence-corrected chi connectivity index (χ1v) is 11.4. The maximum absolute atomic E-state index is 13.3. The van der Waals surface area contributed by atoms with Crippen LogP contribution in [-0.4, -0.2) is 31.1 Å². The molecule has 1 fully saturated rings. The van der Waals surface area contributed by atoms with E-state index in [0.29, 0.717) is 39.9 Å². The van der Waals surface area contributed by atoms with Crippen LogP contribution in [0.2, 0.25) is 10.0 Å². The van der Waals surface area contributed by atoms with E-state index >= 15 is 0 Å². The number of hydrogen-bond acceptors (Lipinski definition) is 5. The second-order valence-corrected chi connectivity index (χ2v) is 10.1. The smallest absolute Gasteiger partial charge is 0.336 e. The van der Waals surface area contributed by atoms with Gasteiger partial charge in [0.15, 0.2) is 0 Å².